The predicted molar refractivity (Wildman–Crippen MR) is 114 cm³/mol. The van der Waals surface area contributed by atoms with Crippen molar-refractivity contribution in [3.8, 4) is 0 Å². The number of carbonyl (C=O) groups excluding carboxylic acids is 1. The molecule has 0 aromatic carbocycles. The van der Waals surface area contributed by atoms with Gasteiger partial charge >= 0.3 is 6.09 Å². The van der Waals surface area contributed by atoms with E-state index < -0.39 is 5.60 Å². The molecule has 7 nitrogen and oxygen atoms in total. The fraction of sp³-hybridized carbons (Fsp3) is 0.833. The standard InChI is InChI=1S/C24H36N2O5/c1-24(2,3)30-23(27)26-17-6-7-18(26)13-19(12-17)29-14-20-21(15-8-10-28-11-9-15)25-31-22(20)16-4-5-16/h15-19H,4-14H2,1-3H3. The van der Waals surface area contributed by atoms with Crippen molar-refractivity contribution in [2.45, 2.75) is 114 Å². The van der Waals surface area contributed by atoms with E-state index in [2.05, 4.69) is 5.16 Å². The first-order valence-corrected chi connectivity index (χ1v) is 12.1. The van der Waals surface area contributed by atoms with Crippen molar-refractivity contribution in [3.05, 3.63) is 17.0 Å². The van der Waals surface area contributed by atoms with Crippen molar-refractivity contribution < 1.29 is 23.5 Å². The van der Waals surface area contributed by atoms with Gasteiger partial charge in [-0.25, -0.2) is 4.79 Å². The number of nitrogens with zero attached hydrogens (tertiary/aromatic N) is 2. The third kappa shape index (κ3) is 4.63. The number of hydrogen-bond acceptors (Lipinski definition) is 6. The van der Waals surface area contributed by atoms with Crippen LogP contribution in [0, 0.1) is 0 Å². The Morgan fingerprint density at radius 3 is 2.32 bits per heavy atom. The summed E-state index contributed by atoms with van der Waals surface area (Å²) >= 11 is 0. The monoisotopic (exact) mass is 432 g/mol. The molecule has 172 valence electrons. The summed E-state index contributed by atoms with van der Waals surface area (Å²) in [5.41, 5.74) is 1.83. The summed E-state index contributed by atoms with van der Waals surface area (Å²) in [4.78, 5) is 14.7. The highest BCUT2D eigenvalue weighted by Gasteiger charge is 2.45. The van der Waals surface area contributed by atoms with Crippen LogP contribution in [0.5, 0.6) is 0 Å². The summed E-state index contributed by atoms with van der Waals surface area (Å²) in [7, 11) is 0. The van der Waals surface area contributed by atoms with Gasteiger partial charge in [-0.2, -0.15) is 0 Å². The van der Waals surface area contributed by atoms with Gasteiger partial charge in [0.25, 0.3) is 0 Å². The summed E-state index contributed by atoms with van der Waals surface area (Å²) in [5, 5.41) is 4.50. The van der Waals surface area contributed by atoms with E-state index in [1.807, 2.05) is 25.7 Å². The maximum absolute atomic E-state index is 12.7. The fourth-order valence-corrected chi connectivity index (χ4v) is 5.52. The molecular formula is C24H36N2O5. The molecule has 3 saturated heterocycles. The zero-order valence-electron chi connectivity index (χ0n) is 19.1. The number of rotatable bonds is 5. The maximum Gasteiger partial charge on any atom is 0.410 e. The molecular weight excluding hydrogens is 396 g/mol. The van der Waals surface area contributed by atoms with Gasteiger partial charge < -0.3 is 23.6 Å². The van der Waals surface area contributed by atoms with E-state index in [9.17, 15) is 4.79 Å². The molecule has 2 bridgehead atoms. The van der Waals surface area contributed by atoms with Crippen molar-refractivity contribution in [3.63, 3.8) is 0 Å². The van der Waals surface area contributed by atoms with Crippen LogP contribution < -0.4 is 0 Å². The van der Waals surface area contributed by atoms with Gasteiger partial charge in [0.15, 0.2) is 0 Å². The summed E-state index contributed by atoms with van der Waals surface area (Å²) < 4.78 is 23.5. The normalized spacial score (nSPS) is 29.4. The zero-order chi connectivity index (χ0) is 21.6. The van der Waals surface area contributed by atoms with Gasteiger partial charge in [0.1, 0.15) is 11.4 Å². The number of fused-ring (bicyclic) bond motifs is 2. The van der Waals surface area contributed by atoms with Gasteiger partial charge in [-0.1, -0.05) is 5.16 Å². The highest BCUT2D eigenvalue weighted by atomic mass is 16.6. The molecule has 1 aromatic rings. The molecule has 2 atom stereocenters. The van der Waals surface area contributed by atoms with Gasteiger partial charge in [-0.15, -0.1) is 0 Å². The van der Waals surface area contributed by atoms with E-state index in [1.165, 1.54) is 18.4 Å². The van der Waals surface area contributed by atoms with Gasteiger partial charge in [0.05, 0.1) is 18.4 Å². The molecule has 4 fully saturated rings. The highest BCUT2D eigenvalue weighted by molar-refractivity contribution is 5.69. The first-order chi connectivity index (χ1) is 14.9. The lowest BCUT2D eigenvalue weighted by Crippen LogP contribution is -2.50. The minimum Gasteiger partial charge on any atom is -0.444 e. The predicted octanol–water partition coefficient (Wildman–Crippen LogP) is 4.89. The molecule has 1 aliphatic carbocycles. The quantitative estimate of drug-likeness (QED) is 0.659. The average Bonchev–Trinajstić information content (AvgIpc) is 3.42. The average molecular weight is 433 g/mol. The lowest BCUT2D eigenvalue weighted by Gasteiger charge is -2.39. The topological polar surface area (TPSA) is 74.0 Å². The summed E-state index contributed by atoms with van der Waals surface area (Å²) in [5.74, 6) is 1.98. The fourth-order valence-electron chi connectivity index (χ4n) is 5.52. The number of aromatic nitrogens is 1. The van der Waals surface area contributed by atoms with Crippen LogP contribution >= 0.6 is 0 Å². The van der Waals surface area contributed by atoms with E-state index in [1.54, 1.807) is 0 Å². The first kappa shape index (κ1) is 21.3. The van der Waals surface area contributed by atoms with Gasteiger partial charge in [0.2, 0.25) is 0 Å². The Kier molecular flexibility index (Phi) is 5.76. The van der Waals surface area contributed by atoms with Crippen molar-refractivity contribution >= 4 is 6.09 Å². The van der Waals surface area contributed by atoms with E-state index >= 15 is 0 Å². The SMILES string of the molecule is CC(C)(C)OC(=O)N1C2CCC1CC(OCc1c(C3CCOCC3)noc1C1CC1)C2. The minimum atomic E-state index is -0.460. The number of ether oxygens (including phenoxy) is 3. The molecule has 31 heavy (non-hydrogen) atoms. The van der Waals surface area contributed by atoms with Crippen molar-refractivity contribution in [2.24, 2.45) is 0 Å². The first-order valence-electron chi connectivity index (χ1n) is 12.1. The maximum atomic E-state index is 12.7. The number of piperidine rings is 1. The Hall–Kier alpha value is -1.60. The van der Waals surface area contributed by atoms with Crippen LogP contribution in [0.4, 0.5) is 4.79 Å². The van der Waals surface area contributed by atoms with Crippen molar-refractivity contribution in [2.75, 3.05) is 13.2 Å². The number of hydrogen-bond donors (Lipinski definition) is 0. The number of carbonyl (C=O) groups is 1. The van der Waals surface area contributed by atoms with E-state index in [-0.39, 0.29) is 24.3 Å². The number of amides is 1. The molecule has 7 heteroatoms. The second kappa shape index (κ2) is 8.39. The molecule has 0 N–H and O–H groups in total. The van der Waals surface area contributed by atoms with E-state index in [0.717, 1.165) is 63.2 Å². The van der Waals surface area contributed by atoms with E-state index in [0.29, 0.717) is 18.4 Å². The summed E-state index contributed by atoms with van der Waals surface area (Å²) in [6.07, 6.45) is 8.22. The Balaban J connectivity index is 1.24. The molecule has 4 aliphatic rings. The molecule has 4 heterocycles. The second-order valence-corrected chi connectivity index (χ2v) is 10.7. The van der Waals surface area contributed by atoms with Gasteiger partial charge in [0, 0.05) is 42.7 Å². The summed E-state index contributed by atoms with van der Waals surface area (Å²) in [6.45, 7) is 7.93. The molecule has 0 radical (unpaired) electrons. The van der Waals surface area contributed by atoms with Crippen LogP contribution in [-0.2, 0) is 20.8 Å². The second-order valence-electron chi connectivity index (χ2n) is 10.7. The highest BCUT2D eigenvalue weighted by Crippen LogP contribution is 2.45. The molecule has 2 unspecified atom stereocenters. The van der Waals surface area contributed by atoms with Crippen molar-refractivity contribution in [1.82, 2.24) is 10.1 Å². The van der Waals surface area contributed by atoms with Crippen LogP contribution in [0.1, 0.15) is 101 Å². The largest absolute Gasteiger partial charge is 0.444 e. The minimum absolute atomic E-state index is 0.167. The van der Waals surface area contributed by atoms with Crippen molar-refractivity contribution in [1.29, 1.82) is 0 Å². The molecule has 1 amide bonds. The molecule has 0 spiro atoms. The lowest BCUT2D eigenvalue weighted by atomic mass is 9.92. The van der Waals surface area contributed by atoms with Crippen LogP contribution in [0.15, 0.2) is 4.52 Å². The Labute approximate surface area is 184 Å². The Morgan fingerprint density at radius 1 is 1.03 bits per heavy atom. The molecule has 3 aliphatic heterocycles. The van der Waals surface area contributed by atoms with Crippen LogP contribution in [0.25, 0.3) is 0 Å². The third-order valence-electron chi connectivity index (χ3n) is 7.16. The van der Waals surface area contributed by atoms with Crippen LogP contribution in [0.2, 0.25) is 0 Å². The molecule has 1 aromatic heterocycles. The lowest BCUT2D eigenvalue weighted by molar-refractivity contribution is -0.0401. The Bertz CT molecular complexity index is 776. The van der Waals surface area contributed by atoms with Crippen LogP contribution in [-0.4, -0.2) is 53.2 Å². The molecule has 5 rings (SSSR count). The van der Waals surface area contributed by atoms with Gasteiger partial charge in [-0.05, 0) is 72.1 Å². The van der Waals surface area contributed by atoms with Gasteiger partial charge in [-0.3, -0.25) is 0 Å². The summed E-state index contributed by atoms with van der Waals surface area (Å²) in [6, 6.07) is 0.442. The zero-order valence-corrected chi connectivity index (χ0v) is 19.1. The van der Waals surface area contributed by atoms with E-state index in [4.69, 9.17) is 18.7 Å². The third-order valence-corrected chi connectivity index (χ3v) is 7.16. The van der Waals surface area contributed by atoms with Crippen LogP contribution in [0.3, 0.4) is 0 Å². The molecule has 1 saturated carbocycles. The smallest absolute Gasteiger partial charge is 0.410 e. The Morgan fingerprint density at radius 2 is 1.71 bits per heavy atom.